The van der Waals surface area contributed by atoms with Gasteiger partial charge in [0.25, 0.3) is 0 Å². The number of anilines is 1. The third-order valence-corrected chi connectivity index (χ3v) is 4.14. The van der Waals surface area contributed by atoms with E-state index < -0.39 is 0 Å². The van der Waals surface area contributed by atoms with Crippen LogP contribution in [0.15, 0.2) is 39.5 Å². The molecule has 0 aliphatic heterocycles. The molecule has 4 nitrogen and oxygen atoms in total. The first-order chi connectivity index (χ1) is 9.15. The van der Waals surface area contributed by atoms with Crippen molar-refractivity contribution in [3.8, 4) is 21.8 Å². The van der Waals surface area contributed by atoms with E-state index in [-0.39, 0.29) is 0 Å². The summed E-state index contributed by atoms with van der Waals surface area (Å²) in [7, 11) is 0. The second-order valence-electron chi connectivity index (χ2n) is 4.02. The maximum atomic E-state index is 5.92. The van der Waals surface area contributed by atoms with Gasteiger partial charge in [-0.15, -0.1) is 11.3 Å². The molecule has 6 heteroatoms. The van der Waals surface area contributed by atoms with E-state index >= 15 is 0 Å². The monoisotopic (exact) mass is 335 g/mol. The molecule has 2 aromatic heterocycles. The molecular formula is C13H10BrN3OS. The smallest absolute Gasteiger partial charge is 0.188 e. The fourth-order valence-corrected chi connectivity index (χ4v) is 2.86. The summed E-state index contributed by atoms with van der Waals surface area (Å²) in [6.07, 6.45) is 1.78. The number of aromatic nitrogens is 2. The number of nitrogens with two attached hydrogens (primary N) is 1. The number of nitrogens with zero attached hydrogens (tertiary/aromatic N) is 2. The second kappa shape index (κ2) is 4.79. The van der Waals surface area contributed by atoms with Crippen molar-refractivity contribution in [1.82, 2.24) is 10.1 Å². The van der Waals surface area contributed by atoms with Gasteiger partial charge in [-0.1, -0.05) is 33.2 Å². The lowest BCUT2D eigenvalue weighted by Crippen LogP contribution is -1.88. The average Bonchev–Trinajstić information content (AvgIpc) is 2.97. The van der Waals surface area contributed by atoms with Crippen LogP contribution in [0.3, 0.4) is 0 Å². The number of thiazole rings is 1. The molecule has 0 fully saturated rings. The quantitative estimate of drug-likeness (QED) is 0.765. The van der Waals surface area contributed by atoms with Crippen molar-refractivity contribution in [2.75, 3.05) is 5.73 Å². The van der Waals surface area contributed by atoms with Gasteiger partial charge in [0, 0.05) is 10.7 Å². The van der Waals surface area contributed by atoms with Crippen molar-refractivity contribution in [3.63, 3.8) is 0 Å². The van der Waals surface area contributed by atoms with Gasteiger partial charge in [-0.3, -0.25) is 0 Å². The van der Waals surface area contributed by atoms with E-state index in [4.69, 9.17) is 10.3 Å². The molecule has 0 saturated heterocycles. The number of nitrogen functional groups attached to an aromatic ring is 1. The summed E-state index contributed by atoms with van der Waals surface area (Å²) in [5.41, 5.74) is 7.71. The van der Waals surface area contributed by atoms with Crippen LogP contribution in [0.5, 0.6) is 0 Å². The number of hydrogen-bond acceptors (Lipinski definition) is 5. The van der Waals surface area contributed by atoms with Gasteiger partial charge in [0.1, 0.15) is 0 Å². The highest BCUT2D eigenvalue weighted by molar-refractivity contribution is 9.10. The van der Waals surface area contributed by atoms with E-state index in [1.807, 2.05) is 31.2 Å². The highest BCUT2D eigenvalue weighted by Crippen LogP contribution is 2.38. The molecule has 2 N–H and O–H groups in total. The molecule has 0 unspecified atom stereocenters. The molecule has 0 aliphatic rings. The highest BCUT2D eigenvalue weighted by Gasteiger charge is 2.19. The minimum absolute atomic E-state index is 0.392. The van der Waals surface area contributed by atoms with Crippen molar-refractivity contribution in [1.29, 1.82) is 0 Å². The van der Waals surface area contributed by atoms with Crippen LogP contribution >= 0.6 is 27.3 Å². The fraction of sp³-hybridized carbons (Fsp3) is 0.0769. The summed E-state index contributed by atoms with van der Waals surface area (Å²) >= 11 is 4.97. The molecule has 19 heavy (non-hydrogen) atoms. The van der Waals surface area contributed by atoms with Gasteiger partial charge in [0.05, 0.1) is 15.4 Å². The summed E-state index contributed by atoms with van der Waals surface area (Å²) in [6.45, 7) is 1.95. The predicted molar refractivity (Wildman–Crippen MR) is 79.9 cm³/mol. The number of halogens is 1. The number of benzene rings is 1. The van der Waals surface area contributed by atoms with Crippen LogP contribution in [0.2, 0.25) is 0 Å². The van der Waals surface area contributed by atoms with Crippen LogP contribution in [-0.2, 0) is 0 Å². The molecule has 0 saturated carbocycles. The molecular weight excluding hydrogens is 326 g/mol. The number of hydrogen-bond donors (Lipinski definition) is 1. The van der Waals surface area contributed by atoms with Crippen LogP contribution < -0.4 is 5.73 Å². The molecule has 2 heterocycles. The Morgan fingerprint density at radius 1 is 1.26 bits per heavy atom. The Hall–Kier alpha value is -1.66. The molecule has 0 spiro atoms. The molecule has 0 amide bonds. The zero-order chi connectivity index (χ0) is 13.4. The summed E-state index contributed by atoms with van der Waals surface area (Å²) in [6, 6.07) is 7.88. The van der Waals surface area contributed by atoms with Gasteiger partial charge in [0.15, 0.2) is 11.6 Å². The van der Waals surface area contributed by atoms with Crippen molar-refractivity contribution >= 4 is 33.1 Å². The lowest BCUT2D eigenvalue weighted by molar-refractivity contribution is 0.437. The topological polar surface area (TPSA) is 64.9 Å². The summed E-state index contributed by atoms with van der Waals surface area (Å²) in [5, 5.41) is 4.85. The van der Waals surface area contributed by atoms with Crippen molar-refractivity contribution in [3.05, 3.63) is 39.9 Å². The van der Waals surface area contributed by atoms with Crippen LogP contribution in [0.4, 0.5) is 5.82 Å². The maximum Gasteiger partial charge on any atom is 0.188 e. The first kappa shape index (κ1) is 12.4. The Morgan fingerprint density at radius 2 is 2.00 bits per heavy atom. The van der Waals surface area contributed by atoms with E-state index in [0.717, 1.165) is 25.5 Å². The van der Waals surface area contributed by atoms with Crippen LogP contribution in [0, 0.1) is 6.92 Å². The lowest BCUT2D eigenvalue weighted by Gasteiger charge is -2.01. The molecule has 3 aromatic rings. The van der Waals surface area contributed by atoms with E-state index in [0.29, 0.717) is 11.6 Å². The molecule has 0 radical (unpaired) electrons. The van der Waals surface area contributed by atoms with Crippen LogP contribution in [0.25, 0.3) is 21.8 Å². The zero-order valence-electron chi connectivity index (χ0n) is 10.1. The van der Waals surface area contributed by atoms with Gasteiger partial charge in [-0.05, 0) is 24.6 Å². The van der Waals surface area contributed by atoms with Crippen molar-refractivity contribution in [2.24, 2.45) is 0 Å². The summed E-state index contributed by atoms with van der Waals surface area (Å²) in [5.74, 6) is 1.06. The minimum Gasteiger partial charge on any atom is -0.380 e. The van der Waals surface area contributed by atoms with Gasteiger partial charge in [-0.25, -0.2) is 4.98 Å². The molecule has 3 rings (SSSR count). The molecule has 0 bridgehead atoms. The first-order valence-corrected chi connectivity index (χ1v) is 7.20. The molecule has 96 valence electrons. The van der Waals surface area contributed by atoms with E-state index in [9.17, 15) is 0 Å². The van der Waals surface area contributed by atoms with Crippen molar-refractivity contribution < 1.29 is 4.52 Å². The average molecular weight is 336 g/mol. The predicted octanol–water partition coefficient (Wildman–Crippen LogP) is 4.12. The van der Waals surface area contributed by atoms with E-state index in [1.165, 1.54) is 0 Å². The second-order valence-corrected chi connectivity index (χ2v) is 6.17. The summed E-state index contributed by atoms with van der Waals surface area (Å²) < 4.78 is 6.38. The largest absolute Gasteiger partial charge is 0.380 e. The molecule has 0 aliphatic carbocycles. The Labute approximate surface area is 122 Å². The number of rotatable bonds is 2. The summed E-state index contributed by atoms with van der Waals surface area (Å²) in [4.78, 5) is 5.16. The zero-order valence-corrected chi connectivity index (χ0v) is 12.5. The van der Waals surface area contributed by atoms with Crippen LogP contribution in [0.1, 0.15) is 5.01 Å². The van der Waals surface area contributed by atoms with Gasteiger partial charge < -0.3 is 10.3 Å². The third-order valence-electron chi connectivity index (χ3n) is 2.70. The van der Waals surface area contributed by atoms with Crippen molar-refractivity contribution in [2.45, 2.75) is 6.92 Å². The maximum absolute atomic E-state index is 5.92. The van der Waals surface area contributed by atoms with Gasteiger partial charge >= 0.3 is 0 Å². The number of aryl methyl sites for hydroxylation is 1. The Bertz CT molecular complexity index is 718. The normalized spacial score (nSPS) is 10.8. The van der Waals surface area contributed by atoms with Gasteiger partial charge in [-0.2, -0.15) is 0 Å². The first-order valence-electron chi connectivity index (χ1n) is 5.59. The molecule has 1 aromatic carbocycles. The van der Waals surface area contributed by atoms with E-state index in [1.54, 1.807) is 17.5 Å². The van der Waals surface area contributed by atoms with E-state index in [2.05, 4.69) is 26.1 Å². The van der Waals surface area contributed by atoms with Crippen LogP contribution in [-0.4, -0.2) is 10.1 Å². The SMILES string of the molecule is Cc1ncc(-c2onc(N)c2-c2ccc(Br)cc2)s1. The highest BCUT2D eigenvalue weighted by atomic mass is 79.9. The third kappa shape index (κ3) is 2.29. The fourth-order valence-electron chi connectivity index (χ4n) is 1.83. The Kier molecular flexibility index (Phi) is 3.12. The molecule has 0 atom stereocenters. The Balaban J connectivity index is 2.16. The van der Waals surface area contributed by atoms with Gasteiger partial charge in [0.2, 0.25) is 0 Å². The lowest BCUT2D eigenvalue weighted by atomic mass is 10.1. The Morgan fingerprint density at radius 3 is 2.63 bits per heavy atom. The minimum atomic E-state index is 0.392. The standard InChI is InChI=1S/C13H10BrN3OS/c1-7-16-6-10(19-7)12-11(13(15)17-18-12)8-2-4-9(14)5-3-8/h2-6H,1H3,(H2,15,17).